The number of morpholine rings is 1. The van der Waals surface area contributed by atoms with Crippen molar-refractivity contribution in [1.82, 2.24) is 10.2 Å². The number of amides is 2. The molecule has 0 aliphatic carbocycles. The van der Waals surface area contributed by atoms with Crippen molar-refractivity contribution in [1.29, 1.82) is 0 Å². The quantitative estimate of drug-likeness (QED) is 0.717. The number of hydrogen-bond acceptors (Lipinski definition) is 3. The van der Waals surface area contributed by atoms with Gasteiger partial charge in [0.25, 0.3) is 0 Å². The van der Waals surface area contributed by atoms with Crippen LogP contribution in [0.15, 0.2) is 46.9 Å². The highest BCUT2D eigenvalue weighted by Crippen LogP contribution is 2.24. The zero-order valence-electron chi connectivity index (χ0n) is 14.5. The highest BCUT2D eigenvalue weighted by molar-refractivity contribution is 9.10. The fourth-order valence-corrected chi connectivity index (χ4v) is 3.18. The summed E-state index contributed by atoms with van der Waals surface area (Å²) in [6.45, 7) is 1.66. The van der Waals surface area contributed by atoms with Gasteiger partial charge in [-0.3, -0.25) is 0 Å². The lowest BCUT2D eigenvalue weighted by Gasteiger charge is -2.33. The first-order valence-electron chi connectivity index (χ1n) is 8.50. The first kappa shape index (κ1) is 19.6. The lowest BCUT2D eigenvalue weighted by molar-refractivity contribution is -0.0155. The van der Waals surface area contributed by atoms with Crippen LogP contribution in [0.25, 0.3) is 0 Å². The minimum atomic E-state index is -0.772. The third kappa shape index (κ3) is 5.40. The highest BCUT2D eigenvalue weighted by atomic mass is 79.9. The van der Waals surface area contributed by atoms with E-state index in [-0.39, 0.29) is 31.0 Å². The molecule has 1 fully saturated rings. The van der Waals surface area contributed by atoms with Crippen molar-refractivity contribution in [3.05, 3.63) is 64.1 Å². The van der Waals surface area contributed by atoms with Gasteiger partial charge in [-0.05, 0) is 29.8 Å². The number of nitrogens with zero attached hydrogens (tertiary/aromatic N) is 1. The molecule has 1 saturated heterocycles. The molecule has 0 aromatic heterocycles. The van der Waals surface area contributed by atoms with Crippen LogP contribution in [0.3, 0.4) is 0 Å². The van der Waals surface area contributed by atoms with Crippen LogP contribution in [0.5, 0.6) is 5.75 Å². The molecule has 2 amide bonds. The molecule has 8 heteroatoms. The number of carbonyl (C=O) groups is 1. The molecule has 3 rings (SSSR count). The van der Waals surface area contributed by atoms with Gasteiger partial charge < -0.3 is 19.7 Å². The fraction of sp³-hybridized carbons (Fsp3) is 0.316. The van der Waals surface area contributed by atoms with Gasteiger partial charge in [-0.2, -0.15) is 0 Å². The van der Waals surface area contributed by atoms with E-state index in [1.165, 1.54) is 6.07 Å². The van der Waals surface area contributed by atoms with Crippen LogP contribution in [-0.2, 0) is 4.74 Å². The molecule has 2 aromatic rings. The normalized spacial score (nSPS) is 16.9. The minimum absolute atomic E-state index is 0.0493. The molecule has 144 valence electrons. The van der Waals surface area contributed by atoms with Gasteiger partial charge in [0, 0.05) is 17.1 Å². The number of benzene rings is 2. The molecule has 0 radical (unpaired) electrons. The van der Waals surface area contributed by atoms with E-state index in [9.17, 15) is 13.6 Å². The van der Waals surface area contributed by atoms with Crippen LogP contribution in [0.1, 0.15) is 11.7 Å². The molecule has 5 nitrogen and oxygen atoms in total. The number of rotatable bonds is 5. The zero-order chi connectivity index (χ0) is 19.2. The Morgan fingerprint density at radius 3 is 2.93 bits per heavy atom. The molecule has 1 N–H and O–H groups in total. The van der Waals surface area contributed by atoms with Crippen molar-refractivity contribution >= 4 is 22.0 Å². The Morgan fingerprint density at radius 1 is 1.30 bits per heavy atom. The number of halogens is 3. The van der Waals surface area contributed by atoms with E-state index < -0.39 is 11.6 Å². The SMILES string of the molecule is O=C(NCCOc1ccc(F)cc1F)N1CCOC(c2cccc(Br)c2)C1. The van der Waals surface area contributed by atoms with E-state index in [1.54, 1.807) is 4.90 Å². The summed E-state index contributed by atoms with van der Waals surface area (Å²) in [5.74, 6) is -1.49. The molecule has 27 heavy (non-hydrogen) atoms. The third-order valence-electron chi connectivity index (χ3n) is 4.10. The van der Waals surface area contributed by atoms with Crippen molar-refractivity contribution in [2.24, 2.45) is 0 Å². The molecule has 0 spiro atoms. The molecular weight excluding hydrogens is 422 g/mol. The van der Waals surface area contributed by atoms with Crippen molar-refractivity contribution in [3.63, 3.8) is 0 Å². The lowest BCUT2D eigenvalue weighted by Crippen LogP contribution is -2.47. The smallest absolute Gasteiger partial charge is 0.317 e. The monoisotopic (exact) mass is 440 g/mol. The highest BCUT2D eigenvalue weighted by Gasteiger charge is 2.25. The minimum Gasteiger partial charge on any atom is -0.489 e. The summed E-state index contributed by atoms with van der Waals surface area (Å²) in [6, 6.07) is 10.6. The predicted molar refractivity (Wildman–Crippen MR) is 99.7 cm³/mol. The Kier molecular flexibility index (Phi) is 6.63. The standard InChI is InChI=1S/C19H19BrF2N2O3/c20-14-3-1-2-13(10-14)18-12-24(7-9-27-18)19(25)23-6-8-26-17-5-4-15(21)11-16(17)22/h1-5,10-11,18H,6-9,12H2,(H,23,25). The average molecular weight is 441 g/mol. The summed E-state index contributed by atoms with van der Waals surface area (Å²) >= 11 is 3.43. The van der Waals surface area contributed by atoms with E-state index in [0.29, 0.717) is 19.7 Å². The molecule has 1 aliphatic rings. The van der Waals surface area contributed by atoms with E-state index in [4.69, 9.17) is 9.47 Å². The van der Waals surface area contributed by atoms with Crippen LogP contribution in [0, 0.1) is 11.6 Å². The van der Waals surface area contributed by atoms with E-state index >= 15 is 0 Å². The zero-order valence-corrected chi connectivity index (χ0v) is 16.0. The predicted octanol–water partition coefficient (Wildman–Crippen LogP) is 3.89. The second-order valence-electron chi connectivity index (χ2n) is 6.02. The topological polar surface area (TPSA) is 50.8 Å². The fourth-order valence-electron chi connectivity index (χ4n) is 2.77. The second kappa shape index (κ2) is 9.14. The average Bonchev–Trinajstić information content (AvgIpc) is 2.66. The summed E-state index contributed by atoms with van der Waals surface area (Å²) in [7, 11) is 0. The number of nitrogens with one attached hydrogen (secondary N) is 1. The van der Waals surface area contributed by atoms with E-state index in [0.717, 1.165) is 22.2 Å². The van der Waals surface area contributed by atoms with Crippen molar-refractivity contribution in [2.45, 2.75) is 6.10 Å². The maximum atomic E-state index is 13.5. The first-order valence-corrected chi connectivity index (χ1v) is 9.30. The molecule has 1 heterocycles. The van der Waals surface area contributed by atoms with E-state index in [2.05, 4.69) is 21.2 Å². The number of hydrogen-bond donors (Lipinski definition) is 1. The summed E-state index contributed by atoms with van der Waals surface area (Å²) in [5, 5.41) is 2.74. The molecule has 2 aromatic carbocycles. The van der Waals surface area contributed by atoms with Crippen LogP contribution in [-0.4, -0.2) is 43.8 Å². The number of urea groups is 1. The maximum Gasteiger partial charge on any atom is 0.317 e. The maximum absolute atomic E-state index is 13.5. The Hall–Kier alpha value is -2.19. The van der Waals surface area contributed by atoms with Gasteiger partial charge in [-0.25, -0.2) is 13.6 Å². The Morgan fingerprint density at radius 2 is 2.15 bits per heavy atom. The largest absolute Gasteiger partial charge is 0.489 e. The van der Waals surface area contributed by atoms with E-state index in [1.807, 2.05) is 24.3 Å². The number of ether oxygens (including phenoxy) is 2. The molecule has 1 unspecified atom stereocenters. The molecular formula is C19H19BrF2N2O3. The van der Waals surface area contributed by atoms with Gasteiger partial charge in [0.2, 0.25) is 0 Å². The van der Waals surface area contributed by atoms with Gasteiger partial charge in [0.05, 0.1) is 19.7 Å². The third-order valence-corrected chi connectivity index (χ3v) is 4.60. The van der Waals surface area contributed by atoms with Gasteiger partial charge >= 0.3 is 6.03 Å². The van der Waals surface area contributed by atoms with Crippen molar-refractivity contribution < 1.29 is 23.0 Å². The van der Waals surface area contributed by atoms with Gasteiger partial charge in [-0.1, -0.05) is 28.1 Å². The van der Waals surface area contributed by atoms with Crippen molar-refractivity contribution in [2.75, 3.05) is 32.8 Å². The Labute approximate surface area is 164 Å². The van der Waals surface area contributed by atoms with Crippen molar-refractivity contribution in [3.8, 4) is 5.75 Å². The summed E-state index contributed by atoms with van der Waals surface area (Å²) in [5.41, 5.74) is 0.997. The molecule has 1 atom stereocenters. The van der Waals surface area contributed by atoms with Gasteiger partial charge in [0.1, 0.15) is 18.5 Å². The second-order valence-corrected chi connectivity index (χ2v) is 6.93. The summed E-state index contributed by atoms with van der Waals surface area (Å²) < 4.78 is 38.3. The lowest BCUT2D eigenvalue weighted by atomic mass is 10.1. The molecule has 1 aliphatic heterocycles. The number of carbonyl (C=O) groups excluding carboxylic acids is 1. The Balaban J connectivity index is 1.46. The first-order chi connectivity index (χ1) is 13.0. The van der Waals surface area contributed by atoms with Crippen LogP contribution < -0.4 is 10.1 Å². The summed E-state index contributed by atoms with van der Waals surface area (Å²) in [6.07, 6.45) is -0.188. The van der Waals surface area contributed by atoms with Crippen LogP contribution in [0.2, 0.25) is 0 Å². The summed E-state index contributed by atoms with van der Waals surface area (Å²) in [4.78, 5) is 14.0. The van der Waals surface area contributed by atoms with Gasteiger partial charge in [-0.15, -0.1) is 0 Å². The molecule has 0 saturated carbocycles. The Bertz CT molecular complexity index is 806. The van der Waals surface area contributed by atoms with Gasteiger partial charge in [0.15, 0.2) is 11.6 Å². The van der Waals surface area contributed by atoms with Crippen LogP contribution in [0.4, 0.5) is 13.6 Å². The van der Waals surface area contributed by atoms with Crippen LogP contribution >= 0.6 is 15.9 Å². The molecule has 0 bridgehead atoms.